The zero-order chi connectivity index (χ0) is 20.5. The van der Waals surface area contributed by atoms with Gasteiger partial charge >= 0.3 is 0 Å². The van der Waals surface area contributed by atoms with E-state index in [-0.39, 0.29) is 11.2 Å². The van der Waals surface area contributed by atoms with Crippen molar-refractivity contribution in [2.24, 2.45) is 0 Å². The lowest BCUT2D eigenvalue weighted by atomic mass is 10.0. The fourth-order valence-corrected chi connectivity index (χ4v) is 3.47. The summed E-state index contributed by atoms with van der Waals surface area (Å²) in [6, 6.07) is 11.3. The molecule has 0 aliphatic heterocycles. The molecule has 0 atom stereocenters. The van der Waals surface area contributed by atoms with E-state index in [9.17, 15) is 9.90 Å². The van der Waals surface area contributed by atoms with Crippen molar-refractivity contribution < 1.29 is 9.52 Å². The molecule has 0 aliphatic carbocycles. The average molecular weight is 390 g/mol. The summed E-state index contributed by atoms with van der Waals surface area (Å²) in [6.07, 6.45) is 3.57. The van der Waals surface area contributed by atoms with Crippen LogP contribution in [0.25, 0.3) is 28.0 Å². The zero-order valence-corrected chi connectivity index (χ0v) is 16.6. The van der Waals surface area contributed by atoms with Gasteiger partial charge in [-0.2, -0.15) is 0 Å². The van der Waals surface area contributed by atoms with Crippen molar-refractivity contribution in [2.45, 2.75) is 19.9 Å². The summed E-state index contributed by atoms with van der Waals surface area (Å²) in [4.78, 5) is 15.3. The van der Waals surface area contributed by atoms with E-state index >= 15 is 0 Å². The number of hydrogen-bond acceptors (Lipinski definition) is 6. The first-order valence-corrected chi connectivity index (χ1v) is 9.41. The highest BCUT2D eigenvalue weighted by atomic mass is 16.3. The van der Waals surface area contributed by atoms with E-state index in [0.29, 0.717) is 46.4 Å². The maximum absolute atomic E-state index is 13.4. The number of nitrogens with zero attached hydrogens (tertiary/aromatic N) is 4. The van der Waals surface area contributed by atoms with E-state index < -0.39 is 0 Å². The molecule has 7 nitrogen and oxygen atoms in total. The number of para-hydroxylation sites is 1. The van der Waals surface area contributed by atoms with Crippen LogP contribution >= 0.6 is 0 Å². The number of fused-ring (bicyclic) bond motifs is 1. The van der Waals surface area contributed by atoms with Crippen molar-refractivity contribution in [3.63, 3.8) is 0 Å². The molecule has 1 N–H and O–H groups in total. The minimum atomic E-state index is -0.203. The largest absolute Gasteiger partial charge is 0.507 e. The van der Waals surface area contributed by atoms with Gasteiger partial charge in [-0.05, 0) is 44.3 Å². The maximum Gasteiger partial charge on any atom is 0.203 e. The van der Waals surface area contributed by atoms with E-state index in [1.807, 2.05) is 56.3 Å². The molecule has 2 aromatic heterocycles. The van der Waals surface area contributed by atoms with Gasteiger partial charge in [-0.15, -0.1) is 10.2 Å². The van der Waals surface area contributed by atoms with Crippen LogP contribution in [0.3, 0.4) is 0 Å². The molecule has 0 saturated heterocycles. The lowest BCUT2D eigenvalue weighted by Gasteiger charge is -2.16. The third-order valence-corrected chi connectivity index (χ3v) is 4.89. The van der Waals surface area contributed by atoms with Crippen LogP contribution in [0.1, 0.15) is 18.1 Å². The number of phenolic OH excluding ortho intramolecular Hbond substituents is 1. The Morgan fingerprint density at radius 3 is 2.66 bits per heavy atom. The topological polar surface area (TPSA) is 84.4 Å². The first-order chi connectivity index (χ1) is 14.0. The number of aromatic nitrogens is 3. The zero-order valence-electron chi connectivity index (χ0n) is 16.6. The molecule has 0 bridgehead atoms. The van der Waals surface area contributed by atoms with Gasteiger partial charge in [0.15, 0.2) is 5.82 Å². The van der Waals surface area contributed by atoms with E-state index in [1.165, 1.54) is 6.26 Å². The lowest BCUT2D eigenvalue weighted by Crippen LogP contribution is -2.14. The molecule has 0 unspecified atom stereocenters. The molecule has 0 radical (unpaired) electrons. The molecule has 29 heavy (non-hydrogen) atoms. The van der Waals surface area contributed by atoms with Crippen molar-refractivity contribution in [2.75, 3.05) is 14.1 Å². The quantitative estimate of drug-likeness (QED) is 0.562. The van der Waals surface area contributed by atoms with Gasteiger partial charge in [-0.25, -0.2) is 0 Å². The maximum atomic E-state index is 13.4. The van der Waals surface area contributed by atoms with E-state index in [4.69, 9.17) is 4.42 Å². The number of hydrogen-bond donors (Lipinski definition) is 1. The Morgan fingerprint density at radius 1 is 1.21 bits per heavy atom. The first kappa shape index (κ1) is 18.9. The molecule has 2 heterocycles. The van der Waals surface area contributed by atoms with Crippen LogP contribution < -0.4 is 5.43 Å². The Hall–Kier alpha value is -3.45. The van der Waals surface area contributed by atoms with Crippen LogP contribution in [0.4, 0.5) is 0 Å². The SMILES string of the molecule is CCc1cc2c(=O)c(-c3nncn3-c3ccccc3)coc2c(CN(C)C)c1O. The van der Waals surface area contributed by atoms with Gasteiger partial charge in [0.25, 0.3) is 0 Å². The van der Waals surface area contributed by atoms with Gasteiger partial charge in [0.05, 0.1) is 10.9 Å². The van der Waals surface area contributed by atoms with Crippen LogP contribution in [0.5, 0.6) is 5.75 Å². The van der Waals surface area contributed by atoms with Gasteiger partial charge in [0.1, 0.15) is 29.5 Å². The molecule has 148 valence electrons. The summed E-state index contributed by atoms with van der Waals surface area (Å²) in [5.41, 5.74) is 2.68. The smallest absolute Gasteiger partial charge is 0.203 e. The Morgan fingerprint density at radius 2 is 1.97 bits per heavy atom. The fraction of sp³-hybridized carbons (Fsp3) is 0.227. The second kappa shape index (κ2) is 7.52. The number of benzene rings is 2. The molecule has 7 heteroatoms. The Bertz CT molecular complexity index is 1230. The molecule has 4 rings (SSSR count). The molecule has 0 fully saturated rings. The molecule has 0 saturated carbocycles. The average Bonchev–Trinajstić information content (AvgIpc) is 3.20. The van der Waals surface area contributed by atoms with Gasteiger partial charge in [0, 0.05) is 12.2 Å². The lowest BCUT2D eigenvalue weighted by molar-refractivity contribution is 0.382. The third kappa shape index (κ3) is 3.30. The summed E-state index contributed by atoms with van der Waals surface area (Å²) < 4.78 is 7.63. The molecular formula is C22H22N4O3. The molecule has 0 spiro atoms. The highest BCUT2D eigenvalue weighted by Gasteiger charge is 2.21. The minimum absolute atomic E-state index is 0.178. The summed E-state index contributed by atoms with van der Waals surface area (Å²) in [7, 11) is 3.80. The monoisotopic (exact) mass is 390 g/mol. The molecule has 4 aromatic rings. The van der Waals surface area contributed by atoms with E-state index in [2.05, 4.69) is 10.2 Å². The number of phenols is 1. The Labute approximate surface area is 167 Å². The first-order valence-electron chi connectivity index (χ1n) is 9.41. The van der Waals surface area contributed by atoms with Crippen LogP contribution in [0, 0.1) is 0 Å². The second-order valence-electron chi connectivity index (χ2n) is 7.17. The number of aryl methyl sites for hydroxylation is 1. The Kier molecular flexibility index (Phi) is 4.90. The number of rotatable bonds is 5. The third-order valence-electron chi connectivity index (χ3n) is 4.89. The minimum Gasteiger partial charge on any atom is -0.507 e. The molecule has 2 aromatic carbocycles. The van der Waals surface area contributed by atoms with Gasteiger partial charge < -0.3 is 14.4 Å². The molecule has 0 aliphatic rings. The highest BCUT2D eigenvalue weighted by molar-refractivity contribution is 5.86. The molecule has 0 amide bonds. The standard InChI is InChI=1S/C22H22N4O3/c1-4-14-10-16-20(28)18(12-29-21(16)17(19(14)27)11-25(2)3)22-24-23-13-26(22)15-8-6-5-7-9-15/h5-10,12-13,27H,4,11H2,1-3H3. The summed E-state index contributed by atoms with van der Waals surface area (Å²) in [5, 5.41) is 19.2. The van der Waals surface area contributed by atoms with Crippen LogP contribution in [0.2, 0.25) is 0 Å². The predicted molar refractivity (Wildman–Crippen MR) is 111 cm³/mol. The van der Waals surface area contributed by atoms with Crippen molar-refractivity contribution in [3.05, 3.63) is 70.3 Å². The van der Waals surface area contributed by atoms with E-state index in [1.54, 1.807) is 17.0 Å². The fourth-order valence-electron chi connectivity index (χ4n) is 3.47. The second-order valence-corrected chi connectivity index (χ2v) is 7.17. The van der Waals surface area contributed by atoms with Crippen LogP contribution in [0.15, 0.2) is 58.2 Å². The predicted octanol–water partition coefficient (Wildman–Crippen LogP) is 3.37. The molecular weight excluding hydrogens is 368 g/mol. The van der Waals surface area contributed by atoms with E-state index in [0.717, 1.165) is 5.69 Å². The van der Waals surface area contributed by atoms with Crippen molar-refractivity contribution in [1.29, 1.82) is 0 Å². The van der Waals surface area contributed by atoms with Crippen molar-refractivity contribution >= 4 is 11.0 Å². The Balaban J connectivity index is 1.96. The van der Waals surface area contributed by atoms with Gasteiger partial charge in [0.2, 0.25) is 5.43 Å². The van der Waals surface area contributed by atoms with Crippen molar-refractivity contribution in [3.8, 4) is 22.8 Å². The van der Waals surface area contributed by atoms with Gasteiger partial charge in [-0.3, -0.25) is 9.36 Å². The van der Waals surface area contributed by atoms with Crippen LogP contribution in [-0.4, -0.2) is 38.9 Å². The van der Waals surface area contributed by atoms with Crippen LogP contribution in [-0.2, 0) is 13.0 Å². The summed E-state index contributed by atoms with van der Waals surface area (Å²) in [6.45, 7) is 2.40. The van der Waals surface area contributed by atoms with Crippen molar-refractivity contribution in [1.82, 2.24) is 19.7 Å². The summed E-state index contributed by atoms with van der Waals surface area (Å²) >= 11 is 0. The van der Waals surface area contributed by atoms with Gasteiger partial charge in [-0.1, -0.05) is 25.1 Å². The number of aromatic hydroxyl groups is 1. The highest BCUT2D eigenvalue weighted by Crippen LogP contribution is 2.32. The summed E-state index contributed by atoms with van der Waals surface area (Å²) in [5.74, 6) is 0.587. The normalized spacial score (nSPS) is 11.4.